The van der Waals surface area contributed by atoms with Crippen LogP contribution in [0.15, 0.2) is 30.3 Å². The van der Waals surface area contributed by atoms with E-state index >= 15 is 0 Å². The first-order chi connectivity index (χ1) is 9.80. The number of hydrogen-bond donors (Lipinski definition) is 1. The Hall–Kier alpha value is -1.74. The Morgan fingerprint density at radius 3 is 2.62 bits per heavy atom. The van der Waals surface area contributed by atoms with Crippen molar-refractivity contribution in [1.82, 2.24) is 0 Å². The van der Waals surface area contributed by atoms with Crippen LogP contribution in [0, 0.1) is 0 Å². The zero-order chi connectivity index (χ0) is 15.6. The molecular formula is C17H20ClNO2. The minimum atomic E-state index is -0.516. The highest BCUT2D eigenvalue weighted by Gasteiger charge is 2.16. The van der Waals surface area contributed by atoms with Gasteiger partial charge in [0, 0.05) is 16.1 Å². The highest BCUT2D eigenvalue weighted by Crippen LogP contribution is 2.30. The Labute approximate surface area is 130 Å². The van der Waals surface area contributed by atoms with Gasteiger partial charge in [0.15, 0.2) is 0 Å². The van der Waals surface area contributed by atoms with Crippen molar-refractivity contribution in [2.45, 2.75) is 39.7 Å². The van der Waals surface area contributed by atoms with Gasteiger partial charge in [-0.25, -0.2) is 4.79 Å². The van der Waals surface area contributed by atoms with Crippen LogP contribution in [0.25, 0.3) is 10.8 Å². The first-order valence-corrected chi connectivity index (χ1v) is 7.39. The average Bonchev–Trinajstić information content (AvgIpc) is 2.35. The molecule has 2 rings (SSSR count). The Kier molecular flexibility index (Phi) is 4.43. The Bertz CT molecular complexity index is 674. The predicted molar refractivity (Wildman–Crippen MR) is 88.2 cm³/mol. The molecule has 0 spiro atoms. The molecule has 0 aliphatic carbocycles. The lowest BCUT2D eigenvalue weighted by molar-refractivity contribution is 0.0636. The number of benzene rings is 2. The maximum Gasteiger partial charge on any atom is 0.412 e. The number of halogens is 1. The minimum Gasteiger partial charge on any atom is -0.444 e. The Balaban J connectivity index is 2.36. The average molecular weight is 306 g/mol. The number of nitrogens with one attached hydrogen (secondary N) is 1. The SMILES string of the molecule is CCc1cc(NC(=O)OC(C)(C)C)cc2cccc(Cl)c12. The fraction of sp³-hybridized carbons (Fsp3) is 0.353. The molecule has 0 radical (unpaired) electrons. The molecule has 0 heterocycles. The van der Waals surface area contributed by atoms with Gasteiger partial charge in [0.1, 0.15) is 5.60 Å². The van der Waals surface area contributed by atoms with E-state index in [9.17, 15) is 4.79 Å². The molecule has 0 unspecified atom stereocenters. The number of amides is 1. The molecular weight excluding hydrogens is 286 g/mol. The fourth-order valence-electron chi connectivity index (χ4n) is 2.24. The van der Waals surface area contributed by atoms with Gasteiger partial charge < -0.3 is 4.74 Å². The molecule has 112 valence electrons. The topological polar surface area (TPSA) is 38.3 Å². The third kappa shape index (κ3) is 3.88. The lowest BCUT2D eigenvalue weighted by atomic mass is 10.0. The van der Waals surface area contributed by atoms with Gasteiger partial charge in [0.05, 0.1) is 0 Å². The van der Waals surface area contributed by atoms with Crippen molar-refractivity contribution in [2.75, 3.05) is 5.32 Å². The van der Waals surface area contributed by atoms with E-state index in [1.807, 2.05) is 51.1 Å². The van der Waals surface area contributed by atoms with Gasteiger partial charge in [-0.2, -0.15) is 0 Å². The summed E-state index contributed by atoms with van der Waals surface area (Å²) >= 11 is 6.27. The molecule has 0 aliphatic rings. The van der Waals surface area contributed by atoms with E-state index in [2.05, 4.69) is 12.2 Å². The third-order valence-electron chi connectivity index (χ3n) is 3.03. The number of carbonyl (C=O) groups is 1. The number of hydrogen-bond acceptors (Lipinski definition) is 2. The first kappa shape index (κ1) is 15.6. The zero-order valence-electron chi connectivity index (χ0n) is 12.8. The summed E-state index contributed by atoms with van der Waals surface area (Å²) in [6, 6.07) is 9.62. The van der Waals surface area contributed by atoms with Crippen LogP contribution < -0.4 is 5.32 Å². The number of anilines is 1. The van der Waals surface area contributed by atoms with Crippen molar-refractivity contribution in [3.63, 3.8) is 0 Å². The molecule has 1 N–H and O–H groups in total. The zero-order valence-corrected chi connectivity index (χ0v) is 13.5. The van der Waals surface area contributed by atoms with Crippen molar-refractivity contribution in [3.05, 3.63) is 40.9 Å². The minimum absolute atomic E-state index is 0.453. The second-order valence-electron chi connectivity index (χ2n) is 5.95. The summed E-state index contributed by atoms with van der Waals surface area (Å²) in [5.41, 5.74) is 1.30. The van der Waals surface area contributed by atoms with Gasteiger partial charge in [-0.15, -0.1) is 0 Å². The molecule has 0 aliphatic heterocycles. The fourth-order valence-corrected chi connectivity index (χ4v) is 2.54. The molecule has 0 atom stereocenters. The molecule has 4 heteroatoms. The number of rotatable bonds is 2. The van der Waals surface area contributed by atoms with Crippen LogP contribution in [0.3, 0.4) is 0 Å². The molecule has 2 aromatic carbocycles. The van der Waals surface area contributed by atoms with Gasteiger partial charge in [-0.1, -0.05) is 30.7 Å². The third-order valence-corrected chi connectivity index (χ3v) is 3.35. The van der Waals surface area contributed by atoms with E-state index in [0.717, 1.165) is 33.5 Å². The van der Waals surface area contributed by atoms with Gasteiger partial charge in [-0.05, 0) is 56.3 Å². The van der Waals surface area contributed by atoms with Crippen LogP contribution in [0.4, 0.5) is 10.5 Å². The summed E-state index contributed by atoms with van der Waals surface area (Å²) < 4.78 is 5.27. The van der Waals surface area contributed by atoms with E-state index in [4.69, 9.17) is 16.3 Å². The molecule has 21 heavy (non-hydrogen) atoms. The van der Waals surface area contributed by atoms with Crippen LogP contribution in [-0.2, 0) is 11.2 Å². The summed E-state index contributed by atoms with van der Waals surface area (Å²) in [6.45, 7) is 7.58. The quantitative estimate of drug-likeness (QED) is 0.806. The van der Waals surface area contributed by atoms with Gasteiger partial charge in [0.25, 0.3) is 0 Å². The number of ether oxygens (including phenoxy) is 1. The molecule has 1 amide bonds. The molecule has 2 aromatic rings. The van der Waals surface area contributed by atoms with Crippen LogP contribution in [-0.4, -0.2) is 11.7 Å². The summed E-state index contributed by atoms with van der Waals surface area (Å²) in [5.74, 6) is 0. The standard InChI is InChI=1S/C17H20ClNO2/c1-5-11-9-13(19-16(20)21-17(2,3)4)10-12-7-6-8-14(18)15(11)12/h6-10H,5H2,1-4H3,(H,19,20). The van der Waals surface area contributed by atoms with Crippen LogP contribution in [0.5, 0.6) is 0 Å². The molecule has 0 bridgehead atoms. The molecule has 3 nitrogen and oxygen atoms in total. The number of fused-ring (bicyclic) bond motifs is 1. The first-order valence-electron chi connectivity index (χ1n) is 7.01. The lowest BCUT2D eigenvalue weighted by Crippen LogP contribution is -2.27. The number of aryl methyl sites for hydroxylation is 1. The second-order valence-corrected chi connectivity index (χ2v) is 6.36. The normalized spacial score (nSPS) is 11.5. The molecule has 0 fully saturated rings. The van der Waals surface area contributed by atoms with Gasteiger partial charge >= 0.3 is 6.09 Å². The maximum absolute atomic E-state index is 11.9. The lowest BCUT2D eigenvalue weighted by Gasteiger charge is -2.20. The van der Waals surface area contributed by atoms with Gasteiger partial charge in [-0.3, -0.25) is 5.32 Å². The van der Waals surface area contributed by atoms with E-state index in [1.54, 1.807) is 0 Å². The van der Waals surface area contributed by atoms with Crippen molar-refractivity contribution in [1.29, 1.82) is 0 Å². The Morgan fingerprint density at radius 1 is 1.29 bits per heavy atom. The van der Waals surface area contributed by atoms with E-state index in [0.29, 0.717) is 0 Å². The highest BCUT2D eigenvalue weighted by atomic mass is 35.5. The molecule has 0 aromatic heterocycles. The van der Waals surface area contributed by atoms with E-state index < -0.39 is 11.7 Å². The van der Waals surface area contributed by atoms with Crippen molar-refractivity contribution >= 4 is 34.2 Å². The van der Waals surface area contributed by atoms with Crippen LogP contribution in [0.1, 0.15) is 33.3 Å². The summed E-state index contributed by atoms with van der Waals surface area (Å²) in [7, 11) is 0. The monoisotopic (exact) mass is 305 g/mol. The highest BCUT2D eigenvalue weighted by molar-refractivity contribution is 6.35. The van der Waals surface area contributed by atoms with Crippen molar-refractivity contribution in [2.24, 2.45) is 0 Å². The Morgan fingerprint density at radius 2 is 2.00 bits per heavy atom. The van der Waals surface area contributed by atoms with Gasteiger partial charge in [0.2, 0.25) is 0 Å². The van der Waals surface area contributed by atoms with Crippen molar-refractivity contribution in [3.8, 4) is 0 Å². The second kappa shape index (κ2) is 5.94. The summed E-state index contributed by atoms with van der Waals surface area (Å²) in [5, 5.41) is 5.56. The van der Waals surface area contributed by atoms with Crippen molar-refractivity contribution < 1.29 is 9.53 Å². The van der Waals surface area contributed by atoms with Crippen LogP contribution in [0.2, 0.25) is 5.02 Å². The largest absolute Gasteiger partial charge is 0.444 e. The molecule has 0 saturated carbocycles. The smallest absolute Gasteiger partial charge is 0.412 e. The summed E-state index contributed by atoms with van der Waals surface area (Å²) in [4.78, 5) is 11.9. The maximum atomic E-state index is 11.9. The summed E-state index contributed by atoms with van der Waals surface area (Å²) in [6.07, 6.45) is 0.385. The van der Waals surface area contributed by atoms with Crippen LogP contribution >= 0.6 is 11.6 Å². The molecule has 0 saturated heterocycles. The van der Waals surface area contributed by atoms with E-state index in [-0.39, 0.29) is 0 Å². The predicted octanol–water partition coefficient (Wildman–Crippen LogP) is 5.40. The van der Waals surface area contributed by atoms with E-state index in [1.165, 1.54) is 0 Å². The number of carbonyl (C=O) groups excluding carboxylic acids is 1.